The van der Waals surface area contributed by atoms with Gasteiger partial charge in [0.15, 0.2) is 0 Å². The van der Waals surface area contributed by atoms with E-state index in [1.54, 1.807) is 11.3 Å². The molecule has 0 bridgehead atoms. The Morgan fingerprint density at radius 1 is 1.42 bits per heavy atom. The number of thiazole rings is 1. The first-order valence-corrected chi connectivity index (χ1v) is 7.48. The van der Waals surface area contributed by atoms with E-state index in [1.165, 1.54) is 4.88 Å². The van der Waals surface area contributed by atoms with Gasteiger partial charge < -0.3 is 5.32 Å². The Morgan fingerprint density at radius 3 is 2.95 bits per heavy atom. The topological polar surface area (TPSA) is 28.2 Å². The van der Waals surface area contributed by atoms with Gasteiger partial charge in [0.25, 0.3) is 0 Å². The van der Waals surface area contributed by atoms with E-state index < -0.39 is 0 Å². The number of nitrogens with one attached hydrogen (secondary N) is 1. The normalized spacial score (nSPS) is 10.9. The van der Waals surface area contributed by atoms with Crippen molar-refractivity contribution in [1.29, 1.82) is 0 Å². The molecule has 0 radical (unpaired) electrons. The molecule has 1 aromatic carbocycles. The lowest BCUT2D eigenvalue weighted by Gasteiger charge is -2.16. The standard InChI is InChI=1S/C14H18ClN3S/c1-11-14(19-10-17-11)9-18(2)7-6-16-13-5-3-4-12(15)8-13/h3-5,8,10,16H,6-7,9H2,1-2H3. The first-order valence-electron chi connectivity index (χ1n) is 6.22. The Labute approximate surface area is 123 Å². The molecule has 5 heteroatoms. The SMILES string of the molecule is Cc1ncsc1CN(C)CCNc1cccc(Cl)c1. The Kier molecular flexibility index (Phi) is 5.19. The van der Waals surface area contributed by atoms with Crippen molar-refractivity contribution >= 4 is 28.6 Å². The summed E-state index contributed by atoms with van der Waals surface area (Å²) in [6.07, 6.45) is 0. The monoisotopic (exact) mass is 295 g/mol. The molecule has 0 amide bonds. The third-order valence-electron chi connectivity index (χ3n) is 2.91. The van der Waals surface area contributed by atoms with Gasteiger partial charge >= 0.3 is 0 Å². The lowest BCUT2D eigenvalue weighted by molar-refractivity contribution is 0.342. The summed E-state index contributed by atoms with van der Waals surface area (Å²) in [6.45, 7) is 4.89. The second-order valence-corrected chi connectivity index (χ2v) is 5.91. The number of anilines is 1. The highest BCUT2D eigenvalue weighted by Crippen LogP contribution is 2.15. The lowest BCUT2D eigenvalue weighted by Crippen LogP contribution is -2.24. The zero-order valence-electron chi connectivity index (χ0n) is 11.2. The van der Waals surface area contributed by atoms with Crippen molar-refractivity contribution in [3.63, 3.8) is 0 Å². The van der Waals surface area contributed by atoms with Crippen molar-refractivity contribution in [2.24, 2.45) is 0 Å². The van der Waals surface area contributed by atoms with Gasteiger partial charge in [0.05, 0.1) is 11.2 Å². The fourth-order valence-electron chi connectivity index (χ4n) is 1.79. The maximum absolute atomic E-state index is 5.94. The third-order valence-corrected chi connectivity index (χ3v) is 4.06. The van der Waals surface area contributed by atoms with Gasteiger partial charge in [0, 0.05) is 35.2 Å². The van der Waals surface area contributed by atoms with Crippen LogP contribution in [0.25, 0.3) is 0 Å². The van der Waals surface area contributed by atoms with Gasteiger partial charge in [-0.05, 0) is 32.2 Å². The van der Waals surface area contributed by atoms with Crippen LogP contribution in [0.15, 0.2) is 29.8 Å². The van der Waals surface area contributed by atoms with Crippen LogP contribution >= 0.6 is 22.9 Å². The van der Waals surface area contributed by atoms with Gasteiger partial charge in [-0.3, -0.25) is 4.90 Å². The van der Waals surface area contributed by atoms with Crippen LogP contribution in [0, 0.1) is 6.92 Å². The van der Waals surface area contributed by atoms with Crippen molar-refractivity contribution in [2.45, 2.75) is 13.5 Å². The fourth-order valence-corrected chi connectivity index (χ4v) is 2.84. The average molecular weight is 296 g/mol. The van der Waals surface area contributed by atoms with Crippen LogP contribution in [0.3, 0.4) is 0 Å². The minimum atomic E-state index is 0.763. The summed E-state index contributed by atoms with van der Waals surface area (Å²) in [5.41, 5.74) is 4.11. The van der Waals surface area contributed by atoms with Gasteiger partial charge in [-0.2, -0.15) is 0 Å². The summed E-state index contributed by atoms with van der Waals surface area (Å²) in [5, 5.41) is 4.13. The molecule has 0 aliphatic rings. The molecule has 0 fully saturated rings. The largest absolute Gasteiger partial charge is 0.384 e. The second kappa shape index (κ2) is 6.89. The van der Waals surface area contributed by atoms with Crippen LogP contribution in [-0.2, 0) is 6.54 Å². The quantitative estimate of drug-likeness (QED) is 0.882. The van der Waals surface area contributed by atoms with E-state index in [9.17, 15) is 0 Å². The lowest BCUT2D eigenvalue weighted by atomic mass is 10.3. The van der Waals surface area contributed by atoms with E-state index in [0.29, 0.717) is 0 Å². The number of likely N-dealkylation sites (N-methyl/N-ethyl adjacent to an activating group) is 1. The molecular formula is C14H18ClN3S. The van der Waals surface area contributed by atoms with Crippen molar-refractivity contribution in [3.05, 3.63) is 45.4 Å². The molecule has 0 unspecified atom stereocenters. The average Bonchev–Trinajstić information content (AvgIpc) is 2.75. The van der Waals surface area contributed by atoms with Crippen LogP contribution in [0.2, 0.25) is 5.02 Å². The first-order chi connectivity index (χ1) is 9.15. The molecule has 3 nitrogen and oxygen atoms in total. The summed E-state index contributed by atoms with van der Waals surface area (Å²) in [6, 6.07) is 7.80. The Bertz CT molecular complexity index is 527. The zero-order chi connectivity index (χ0) is 13.7. The van der Waals surface area contributed by atoms with Gasteiger partial charge in [0.2, 0.25) is 0 Å². The molecule has 0 atom stereocenters. The molecular weight excluding hydrogens is 278 g/mol. The van der Waals surface area contributed by atoms with Crippen LogP contribution in [0.1, 0.15) is 10.6 Å². The first kappa shape index (κ1) is 14.3. The number of aromatic nitrogens is 1. The zero-order valence-corrected chi connectivity index (χ0v) is 12.8. The summed E-state index contributed by atoms with van der Waals surface area (Å²) < 4.78 is 0. The number of benzene rings is 1. The summed E-state index contributed by atoms with van der Waals surface area (Å²) in [5.74, 6) is 0. The molecule has 19 heavy (non-hydrogen) atoms. The second-order valence-electron chi connectivity index (χ2n) is 4.54. The Morgan fingerprint density at radius 2 is 2.26 bits per heavy atom. The maximum Gasteiger partial charge on any atom is 0.0798 e. The van der Waals surface area contributed by atoms with Gasteiger partial charge in [-0.25, -0.2) is 4.98 Å². The molecule has 2 rings (SSSR count). The number of nitrogens with zero attached hydrogens (tertiary/aromatic N) is 2. The maximum atomic E-state index is 5.94. The smallest absolute Gasteiger partial charge is 0.0798 e. The van der Waals surface area contributed by atoms with E-state index in [1.807, 2.05) is 29.8 Å². The molecule has 0 spiro atoms. The van der Waals surface area contributed by atoms with Gasteiger partial charge in [-0.15, -0.1) is 11.3 Å². The highest BCUT2D eigenvalue weighted by Gasteiger charge is 2.05. The number of hydrogen-bond acceptors (Lipinski definition) is 4. The Hall–Kier alpha value is -1.10. The summed E-state index contributed by atoms with van der Waals surface area (Å²) in [4.78, 5) is 7.90. The number of hydrogen-bond donors (Lipinski definition) is 1. The molecule has 1 heterocycles. The number of aryl methyl sites for hydroxylation is 1. The summed E-state index contributed by atoms with van der Waals surface area (Å²) >= 11 is 7.66. The van der Waals surface area contributed by atoms with E-state index in [0.717, 1.165) is 36.0 Å². The van der Waals surface area contributed by atoms with E-state index in [-0.39, 0.29) is 0 Å². The van der Waals surface area contributed by atoms with Gasteiger partial charge in [-0.1, -0.05) is 17.7 Å². The number of rotatable bonds is 6. The molecule has 0 aliphatic carbocycles. The van der Waals surface area contributed by atoms with E-state index in [4.69, 9.17) is 11.6 Å². The van der Waals surface area contributed by atoms with Crippen LogP contribution in [0.5, 0.6) is 0 Å². The molecule has 1 aromatic heterocycles. The van der Waals surface area contributed by atoms with Crippen molar-refractivity contribution < 1.29 is 0 Å². The molecule has 0 saturated carbocycles. The molecule has 1 N–H and O–H groups in total. The van der Waals surface area contributed by atoms with Crippen LogP contribution in [0.4, 0.5) is 5.69 Å². The van der Waals surface area contributed by atoms with Crippen molar-refractivity contribution in [3.8, 4) is 0 Å². The molecule has 102 valence electrons. The van der Waals surface area contributed by atoms with Crippen molar-refractivity contribution in [2.75, 3.05) is 25.5 Å². The third kappa shape index (κ3) is 4.49. The van der Waals surface area contributed by atoms with Crippen molar-refractivity contribution in [1.82, 2.24) is 9.88 Å². The van der Waals surface area contributed by atoms with Gasteiger partial charge in [0.1, 0.15) is 0 Å². The fraction of sp³-hybridized carbons (Fsp3) is 0.357. The minimum absolute atomic E-state index is 0.763. The van der Waals surface area contributed by atoms with E-state index >= 15 is 0 Å². The summed E-state index contributed by atoms with van der Waals surface area (Å²) in [7, 11) is 2.12. The molecule has 0 aliphatic heterocycles. The Balaban J connectivity index is 1.75. The molecule has 2 aromatic rings. The van der Waals surface area contributed by atoms with Crippen LogP contribution < -0.4 is 5.32 Å². The highest BCUT2D eigenvalue weighted by atomic mass is 35.5. The predicted octanol–water partition coefficient (Wildman–Crippen LogP) is 3.65. The number of halogens is 1. The molecule has 0 saturated heterocycles. The van der Waals surface area contributed by atoms with E-state index in [2.05, 4.69) is 29.2 Å². The van der Waals surface area contributed by atoms with Crippen LogP contribution in [-0.4, -0.2) is 30.0 Å². The predicted molar refractivity (Wildman–Crippen MR) is 83.1 cm³/mol. The minimum Gasteiger partial charge on any atom is -0.384 e. The highest BCUT2D eigenvalue weighted by molar-refractivity contribution is 7.09.